The van der Waals surface area contributed by atoms with Crippen LogP contribution in [-0.4, -0.2) is 36.0 Å². The number of imidazole rings is 1. The van der Waals surface area contributed by atoms with Crippen LogP contribution in [0.25, 0.3) is 55.8 Å². The fourth-order valence-corrected chi connectivity index (χ4v) is 5.16. The number of halogens is 1. The van der Waals surface area contributed by atoms with Crippen LogP contribution in [0.15, 0.2) is 97.5 Å². The SMILES string of the molecule is Cc1cc(F)cc(-c2cccc3[nH]c(-c4n[nH]c5cnc(-c6cncc(NC(=O)Cc7ccccc7)c6)cc45)nc23)c1. The number of anilines is 1. The van der Waals surface area contributed by atoms with Gasteiger partial charge >= 0.3 is 0 Å². The fraction of sp³-hybridized carbons (Fsp3) is 0.0606. The highest BCUT2D eigenvalue weighted by atomic mass is 19.1. The van der Waals surface area contributed by atoms with E-state index in [4.69, 9.17) is 4.98 Å². The van der Waals surface area contributed by atoms with Gasteiger partial charge in [0.1, 0.15) is 11.5 Å². The average Bonchev–Trinajstić information content (AvgIpc) is 3.61. The van der Waals surface area contributed by atoms with Crippen molar-refractivity contribution in [3.05, 3.63) is 114 Å². The van der Waals surface area contributed by atoms with Crippen LogP contribution in [0.3, 0.4) is 0 Å². The lowest BCUT2D eigenvalue weighted by Crippen LogP contribution is -2.14. The average molecular weight is 554 g/mol. The van der Waals surface area contributed by atoms with Gasteiger partial charge in [0, 0.05) is 22.7 Å². The van der Waals surface area contributed by atoms with Crippen LogP contribution >= 0.6 is 0 Å². The molecule has 0 aliphatic heterocycles. The summed E-state index contributed by atoms with van der Waals surface area (Å²) in [6, 6.07) is 24.1. The van der Waals surface area contributed by atoms with E-state index in [2.05, 4.69) is 30.5 Å². The van der Waals surface area contributed by atoms with Crippen molar-refractivity contribution in [3.8, 4) is 33.9 Å². The number of nitrogens with zero attached hydrogens (tertiary/aromatic N) is 4. The molecule has 4 heterocycles. The predicted molar refractivity (Wildman–Crippen MR) is 161 cm³/mol. The summed E-state index contributed by atoms with van der Waals surface area (Å²) in [5.74, 6) is 0.165. The van der Waals surface area contributed by atoms with Crippen LogP contribution in [-0.2, 0) is 11.2 Å². The molecule has 0 saturated carbocycles. The minimum absolute atomic E-state index is 0.127. The van der Waals surface area contributed by atoms with Crippen LogP contribution in [0.5, 0.6) is 0 Å². The number of carbonyl (C=O) groups is 1. The number of amides is 1. The third-order valence-corrected chi connectivity index (χ3v) is 7.06. The molecule has 0 spiro atoms. The standard InChI is InChI=1S/C33H24FN7O/c1-19-10-21(13-23(34)11-19)25-8-5-9-27-31(25)39-33(38-27)32-26-15-28(36-18-29(26)40-41-32)22-14-24(17-35-16-22)37-30(42)12-20-6-3-2-4-7-20/h2-11,13-18H,12H2,1H3,(H,37,42)(H,38,39)(H,40,41). The van der Waals surface area contributed by atoms with Gasteiger partial charge in [0.25, 0.3) is 0 Å². The van der Waals surface area contributed by atoms with E-state index in [0.717, 1.165) is 49.8 Å². The van der Waals surface area contributed by atoms with Gasteiger partial charge in [-0.2, -0.15) is 5.10 Å². The molecule has 4 aromatic heterocycles. The summed E-state index contributed by atoms with van der Waals surface area (Å²) in [6.07, 6.45) is 5.30. The molecule has 9 heteroatoms. The second-order valence-corrected chi connectivity index (χ2v) is 10.2. The topological polar surface area (TPSA) is 112 Å². The third-order valence-electron chi connectivity index (χ3n) is 7.06. The number of rotatable bonds is 6. The van der Waals surface area contributed by atoms with Crippen molar-refractivity contribution in [2.24, 2.45) is 0 Å². The number of hydrogen-bond acceptors (Lipinski definition) is 5. The number of nitrogens with one attached hydrogen (secondary N) is 3. The second kappa shape index (κ2) is 10.4. The molecule has 0 fully saturated rings. The lowest BCUT2D eigenvalue weighted by atomic mass is 10.0. The van der Waals surface area contributed by atoms with Crippen molar-refractivity contribution in [1.82, 2.24) is 30.1 Å². The third kappa shape index (κ3) is 4.88. The summed E-state index contributed by atoms with van der Waals surface area (Å²) >= 11 is 0. The van der Waals surface area contributed by atoms with Gasteiger partial charge in [-0.25, -0.2) is 9.37 Å². The quantitative estimate of drug-likeness (QED) is 0.208. The van der Waals surface area contributed by atoms with E-state index < -0.39 is 0 Å². The zero-order valence-electron chi connectivity index (χ0n) is 22.5. The molecule has 0 radical (unpaired) electrons. The first-order chi connectivity index (χ1) is 20.5. The van der Waals surface area contributed by atoms with Crippen molar-refractivity contribution < 1.29 is 9.18 Å². The Morgan fingerprint density at radius 3 is 2.64 bits per heavy atom. The van der Waals surface area contributed by atoms with Gasteiger partial charge in [-0.05, 0) is 53.9 Å². The highest BCUT2D eigenvalue weighted by molar-refractivity contribution is 5.98. The van der Waals surface area contributed by atoms with E-state index in [1.807, 2.05) is 73.7 Å². The van der Waals surface area contributed by atoms with Gasteiger partial charge in [-0.15, -0.1) is 0 Å². The van der Waals surface area contributed by atoms with Gasteiger partial charge in [-0.3, -0.25) is 19.9 Å². The Morgan fingerprint density at radius 2 is 1.79 bits per heavy atom. The molecule has 0 bridgehead atoms. The first-order valence-corrected chi connectivity index (χ1v) is 13.4. The molecule has 42 heavy (non-hydrogen) atoms. The highest BCUT2D eigenvalue weighted by Gasteiger charge is 2.17. The van der Waals surface area contributed by atoms with Crippen molar-refractivity contribution in [3.63, 3.8) is 0 Å². The van der Waals surface area contributed by atoms with Gasteiger partial charge in [0.05, 0.1) is 46.7 Å². The summed E-state index contributed by atoms with van der Waals surface area (Å²) in [5.41, 5.74) is 8.28. The van der Waals surface area contributed by atoms with E-state index in [-0.39, 0.29) is 18.1 Å². The number of para-hydroxylation sites is 1. The lowest BCUT2D eigenvalue weighted by molar-refractivity contribution is -0.115. The summed E-state index contributed by atoms with van der Waals surface area (Å²) in [6.45, 7) is 1.87. The largest absolute Gasteiger partial charge is 0.337 e. The van der Waals surface area contributed by atoms with E-state index in [1.165, 1.54) is 12.1 Å². The van der Waals surface area contributed by atoms with Crippen molar-refractivity contribution in [1.29, 1.82) is 0 Å². The molecule has 0 unspecified atom stereocenters. The molecule has 3 N–H and O–H groups in total. The van der Waals surface area contributed by atoms with Crippen molar-refractivity contribution in [2.45, 2.75) is 13.3 Å². The Morgan fingerprint density at radius 1 is 0.905 bits per heavy atom. The first-order valence-electron chi connectivity index (χ1n) is 13.4. The second-order valence-electron chi connectivity index (χ2n) is 10.2. The monoisotopic (exact) mass is 553 g/mol. The van der Waals surface area contributed by atoms with Crippen LogP contribution in [0, 0.1) is 12.7 Å². The Bertz CT molecular complexity index is 2080. The molecule has 0 saturated heterocycles. The smallest absolute Gasteiger partial charge is 0.228 e. The van der Waals surface area contributed by atoms with E-state index in [1.54, 1.807) is 18.6 Å². The molecule has 0 atom stereocenters. The van der Waals surface area contributed by atoms with Gasteiger partial charge < -0.3 is 10.3 Å². The number of carbonyl (C=O) groups excluding carboxylic acids is 1. The first kappa shape index (κ1) is 25.3. The number of H-pyrrole nitrogens is 2. The molecule has 8 nitrogen and oxygen atoms in total. The van der Waals surface area contributed by atoms with Gasteiger partial charge in [0.15, 0.2) is 5.82 Å². The summed E-state index contributed by atoms with van der Waals surface area (Å²) in [5, 5.41) is 11.3. The number of aromatic nitrogens is 6. The zero-order valence-corrected chi connectivity index (χ0v) is 22.5. The maximum Gasteiger partial charge on any atom is 0.228 e. The minimum atomic E-state index is -0.287. The fourth-order valence-electron chi connectivity index (χ4n) is 5.16. The summed E-state index contributed by atoms with van der Waals surface area (Å²) in [7, 11) is 0. The summed E-state index contributed by atoms with van der Waals surface area (Å²) in [4.78, 5) is 29.8. The van der Waals surface area contributed by atoms with Crippen LogP contribution in [0.4, 0.5) is 10.1 Å². The van der Waals surface area contributed by atoms with E-state index in [0.29, 0.717) is 22.9 Å². The molecular formula is C33H24FN7O. The van der Waals surface area contributed by atoms with E-state index in [9.17, 15) is 9.18 Å². The highest BCUT2D eigenvalue weighted by Crippen LogP contribution is 2.33. The van der Waals surface area contributed by atoms with E-state index >= 15 is 0 Å². The molecule has 0 aliphatic carbocycles. The maximum absolute atomic E-state index is 14.2. The predicted octanol–water partition coefficient (Wildman–Crippen LogP) is 6.86. The normalized spacial score (nSPS) is 11.3. The number of pyridine rings is 2. The number of aryl methyl sites for hydroxylation is 1. The number of fused-ring (bicyclic) bond motifs is 2. The van der Waals surface area contributed by atoms with Gasteiger partial charge in [-0.1, -0.05) is 48.5 Å². The molecule has 1 amide bonds. The molecule has 3 aromatic carbocycles. The number of hydrogen-bond donors (Lipinski definition) is 3. The molecule has 7 rings (SSSR count). The molecule has 0 aliphatic rings. The lowest BCUT2D eigenvalue weighted by Gasteiger charge is -2.07. The Hall–Kier alpha value is -5.70. The Kier molecular flexibility index (Phi) is 6.24. The maximum atomic E-state index is 14.2. The number of benzene rings is 3. The van der Waals surface area contributed by atoms with Crippen LogP contribution < -0.4 is 5.32 Å². The Labute approximate surface area is 239 Å². The van der Waals surface area contributed by atoms with Crippen LogP contribution in [0.2, 0.25) is 0 Å². The zero-order chi connectivity index (χ0) is 28.6. The molecule has 204 valence electrons. The van der Waals surface area contributed by atoms with Gasteiger partial charge in [0.2, 0.25) is 5.91 Å². The molecule has 7 aromatic rings. The number of aromatic amines is 2. The molecular weight excluding hydrogens is 529 g/mol. The Balaban J connectivity index is 1.22. The summed E-state index contributed by atoms with van der Waals surface area (Å²) < 4.78 is 14.2. The van der Waals surface area contributed by atoms with Crippen molar-refractivity contribution in [2.75, 3.05) is 5.32 Å². The van der Waals surface area contributed by atoms with Crippen molar-refractivity contribution >= 4 is 33.5 Å². The van der Waals surface area contributed by atoms with Crippen LogP contribution in [0.1, 0.15) is 11.1 Å². The minimum Gasteiger partial charge on any atom is -0.337 e.